The van der Waals surface area contributed by atoms with Crippen LogP contribution in [-0.2, 0) is 10.0 Å². The maximum absolute atomic E-state index is 13.1. The van der Waals surface area contributed by atoms with Gasteiger partial charge in [-0.3, -0.25) is 4.79 Å². The Morgan fingerprint density at radius 1 is 1.00 bits per heavy atom. The monoisotopic (exact) mass is 454 g/mol. The standard InChI is InChI=1S/C23H26N4O4S/c1-4-27(5-2)32(29,30)21-14-19(12-13-20(21)31-6-3)26-23(28)18-15-24-22(25-16-18)17-10-8-7-9-11-17/h7-16H,4-6H2,1-3H3,(H,26,28). The van der Waals surface area contributed by atoms with Gasteiger partial charge in [0.2, 0.25) is 10.0 Å². The number of hydrogen-bond donors (Lipinski definition) is 1. The average molecular weight is 455 g/mol. The number of carbonyl (C=O) groups is 1. The zero-order chi connectivity index (χ0) is 23.1. The van der Waals surface area contributed by atoms with Gasteiger partial charge < -0.3 is 10.1 Å². The summed E-state index contributed by atoms with van der Waals surface area (Å²) in [5, 5.41) is 2.72. The lowest BCUT2D eigenvalue weighted by atomic mass is 10.2. The molecule has 0 saturated heterocycles. The van der Waals surface area contributed by atoms with Crippen LogP contribution in [-0.4, -0.2) is 48.3 Å². The second kappa shape index (κ2) is 10.3. The Bertz CT molecular complexity index is 1160. The lowest BCUT2D eigenvalue weighted by Gasteiger charge is -2.21. The molecule has 32 heavy (non-hydrogen) atoms. The molecule has 0 aliphatic carbocycles. The Labute approximate surface area is 188 Å². The number of nitrogens with zero attached hydrogens (tertiary/aromatic N) is 3. The third kappa shape index (κ3) is 5.12. The molecule has 9 heteroatoms. The number of hydrogen-bond acceptors (Lipinski definition) is 6. The highest BCUT2D eigenvalue weighted by Gasteiger charge is 2.26. The summed E-state index contributed by atoms with van der Waals surface area (Å²) in [6, 6.07) is 14.0. The predicted molar refractivity (Wildman–Crippen MR) is 123 cm³/mol. The Hall–Kier alpha value is -3.30. The summed E-state index contributed by atoms with van der Waals surface area (Å²) < 4.78 is 33.0. The molecule has 0 saturated carbocycles. The van der Waals surface area contributed by atoms with Gasteiger partial charge >= 0.3 is 0 Å². The molecule has 0 aliphatic heterocycles. The Balaban J connectivity index is 1.86. The fraction of sp³-hybridized carbons (Fsp3) is 0.261. The van der Waals surface area contributed by atoms with Crippen LogP contribution in [0.4, 0.5) is 5.69 Å². The molecule has 8 nitrogen and oxygen atoms in total. The van der Waals surface area contributed by atoms with Crippen molar-refractivity contribution < 1.29 is 17.9 Å². The van der Waals surface area contributed by atoms with Gasteiger partial charge in [0.05, 0.1) is 12.2 Å². The van der Waals surface area contributed by atoms with E-state index < -0.39 is 15.9 Å². The maximum atomic E-state index is 13.1. The topological polar surface area (TPSA) is 101 Å². The van der Waals surface area contributed by atoms with E-state index in [2.05, 4.69) is 15.3 Å². The molecule has 0 aliphatic rings. The van der Waals surface area contributed by atoms with E-state index in [1.165, 1.54) is 22.8 Å². The molecule has 3 rings (SSSR count). The van der Waals surface area contributed by atoms with Gasteiger partial charge in [-0.05, 0) is 25.1 Å². The van der Waals surface area contributed by atoms with Crippen molar-refractivity contribution in [3.63, 3.8) is 0 Å². The van der Waals surface area contributed by atoms with Crippen molar-refractivity contribution in [1.82, 2.24) is 14.3 Å². The molecule has 1 amide bonds. The molecule has 3 aromatic rings. The van der Waals surface area contributed by atoms with E-state index in [4.69, 9.17) is 4.74 Å². The van der Waals surface area contributed by atoms with E-state index >= 15 is 0 Å². The summed E-state index contributed by atoms with van der Waals surface area (Å²) in [6.07, 6.45) is 2.87. The summed E-state index contributed by atoms with van der Waals surface area (Å²) in [6.45, 7) is 6.29. The summed E-state index contributed by atoms with van der Waals surface area (Å²) in [5.74, 6) is 0.309. The maximum Gasteiger partial charge on any atom is 0.258 e. The summed E-state index contributed by atoms with van der Waals surface area (Å²) in [5.41, 5.74) is 1.43. The smallest absolute Gasteiger partial charge is 0.258 e. The molecule has 0 spiro atoms. The molecule has 0 fully saturated rings. The molecule has 1 aromatic heterocycles. The second-order valence-corrected chi connectivity index (χ2v) is 8.71. The third-order valence-corrected chi connectivity index (χ3v) is 6.84. The van der Waals surface area contributed by atoms with E-state index in [0.717, 1.165) is 5.56 Å². The van der Waals surface area contributed by atoms with Crippen molar-refractivity contribution in [2.75, 3.05) is 25.0 Å². The van der Waals surface area contributed by atoms with Crippen molar-refractivity contribution in [3.8, 4) is 17.1 Å². The number of ether oxygens (including phenoxy) is 1. The highest BCUT2D eigenvalue weighted by Crippen LogP contribution is 2.30. The van der Waals surface area contributed by atoms with Crippen molar-refractivity contribution in [3.05, 3.63) is 66.5 Å². The van der Waals surface area contributed by atoms with Crippen LogP contribution >= 0.6 is 0 Å². The van der Waals surface area contributed by atoms with Crippen molar-refractivity contribution in [2.24, 2.45) is 0 Å². The van der Waals surface area contributed by atoms with E-state index in [9.17, 15) is 13.2 Å². The number of benzene rings is 2. The highest BCUT2D eigenvalue weighted by atomic mass is 32.2. The van der Waals surface area contributed by atoms with Gasteiger partial charge in [-0.1, -0.05) is 44.2 Å². The molecular weight excluding hydrogens is 428 g/mol. The lowest BCUT2D eigenvalue weighted by Crippen LogP contribution is -2.31. The van der Waals surface area contributed by atoms with Gasteiger partial charge in [0.1, 0.15) is 10.6 Å². The Morgan fingerprint density at radius 2 is 1.66 bits per heavy atom. The number of rotatable bonds is 9. The second-order valence-electron chi connectivity index (χ2n) is 6.80. The quantitative estimate of drug-likeness (QED) is 0.527. The number of amides is 1. The number of nitrogens with one attached hydrogen (secondary N) is 1. The van der Waals surface area contributed by atoms with Crippen LogP contribution in [0.3, 0.4) is 0 Å². The minimum Gasteiger partial charge on any atom is -0.492 e. The number of sulfonamides is 1. The molecular formula is C23H26N4O4S. The summed E-state index contributed by atoms with van der Waals surface area (Å²) in [7, 11) is -3.78. The normalized spacial score (nSPS) is 11.4. The summed E-state index contributed by atoms with van der Waals surface area (Å²) in [4.78, 5) is 21.2. The van der Waals surface area contributed by atoms with Gasteiger partial charge in [-0.15, -0.1) is 0 Å². The first kappa shape index (κ1) is 23.4. The SMILES string of the molecule is CCOc1ccc(NC(=O)c2cnc(-c3ccccc3)nc2)cc1S(=O)(=O)N(CC)CC. The zero-order valence-corrected chi connectivity index (χ0v) is 19.1. The molecule has 0 atom stereocenters. The van der Waals surface area contributed by atoms with Crippen LogP contribution in [0.1, 0.15) is 31.1 Å². The summed E-state index contributed by atoms with van der Waals surface area (Å²) >= 11 is 0. The first-order valence-corrected chi connectivity index (χ1v) is 11.8. The minimum atomic E-state index is -3.78. The lowest BCUT2D eigenvalue weighted by molar-refractivity contribution is 0.102. The predicted octanol–water partition coefficient (Wildman–Crippen LogP) is 3.83. The van der Waals surface area contributed by atoms with Crippen LogP contribution in [0.2, 0.25) is 0 Å². The molecule has 0 unspecified atom stereocenters. The Morgan fingerprint density at radius 3 is 2.25 bits per heavy atom. The number of aromatic nitrogens is 2. The fourth-order valence-electron chi connectivity index (χ4n) is 3.15. The van der Waals surface area contributed by atoms with Crippen LogP contribution in [0, 0.1) is 0 Å². The minimum absolute atomic E-state index is 0.0107. The van der Waals surface area contributed by atoms with Crippen LogP contribution in [0.5, 0.6) is 5.75 Å². The van der Waals surface area contributed by atoms with Gasteiger partial charge in [0.15, 0.2) is 5.82 Å². The van der Waals surface area contributed by atoms with Gasteiger partial charge in [-0.25, -0.2) is 18.4 Å². The molecule has 1 N–H and O–H groups in total. The first-order valence-electron chi connectivity index (χ1n) is 10.4. The van der Waals surface area contributed by atoms with E-state index in [1.54, 1.807) is 32.9 Å². The van der Waals surface area contributed by atoms with Crippen LogP contribution in [0.25, 0.3) is 11.4 Å². The van der Waals surface area contributed by atoms with Crippen molar-refractivity contribution >= 4 is 21.6 Å². The molecule has 1 heterocycles. The van der Waals surface area contributed by atoms with Gasteiger partial charge in [-0.2, -0.15) is 4.31 Å². The fourth-order valence-corrected chi connectivity index (χ4v) is 4.76. The van der Waals surface area contributed by atoms with Crippen LogP contribution in [0.15, 0.2) is 65.8 Å². The third-order valence-electron chi connectivity index (χ3n) is 4.77. The van der Waals surface area contributed by atoms with E-state index in [0.29, 0.717) is 31.2 Å². The van der Waals surface area contributed by atoms with Crippen molar-refractivity contribution in [2.45, 2.75) is 25.7 Å². The van der Waals surface area contributed by atoms with Gasteiger partial charge in [0, 0.05) is 36.7 Å². The van der Waals surface area contributed by atoms with E-state index in [-0.39, 0.29) is 16.2 Å². The van der Waals surface area contributed by atoms with Crippen molar-refractivity contribution in [1.29, 1.82) is 0 Å². The van der Waals surface area contributed by atoms with Crippen LogP contribution < -0.4 is 10.1 Å². The number of anilines is 1. The molecule has 2 aromatic carbocycles. The Kier molecular flexibility index (Phi) is 7.55. The molecule has 0 bridgehead atoms. The number of carbonyl (C=O) groups excluding carboxylic acids is 1. The average Bonchev–Trinajstić information content (AvgIpc) is 2.81. The highest BCUT2D eigenvalue weighted by molar-refractivity contribution is 7.89. The zero-order valence-electron chi connectivity index (χ0n) is 18.3. The van der Waals surface area contributed by atoms with Gasteiger partial charge in [0.25, 0.3) is 5.91 Å². The molecule has 168 valence electrons. The first-order chi connectivity index (χ1) is 15.4. The van der Waals surface area contributed by atoms with E-state index in [1.807, 2.05) is 30.3 Å². The molecule has 0 radical (unpaired) electrons. The largest absolute Gasteiger partial charge is 0.492 e.